The third-order valence-corrected chi connectivity index (χ3v) is 3.04. The third kappa shape index (κ3) is 5.70. The molecular weight excluding hydrogens is 257 g/mol. The van der Waals surface area contributed by atoms with Crippen molar-refractivity contribution < 1.29 is 19.4 Å². The molecular formula is C12H14FNO3S. The van der Waals surface area contributed by atoms with Crippen molar-refractivity contribution in [2.24, 2.45) is 0 Å². The second-order valence-electron chi connectivity index (χ2n) is 3.43. The van der Waals surface area contributed by atoms with Crippen molar-refractivity contribution in [2.75, 3.05) is 12.3 Å². The van der Waals surface area contributed by atoms with Crippen molar-refractivity contribution in [2.45, 2.75) is 11.5 Å². The molecule has 0 spiro atoms. The number of benzene rings is 1. The number of halogens is 1. The Labute approximate surface area is 109 Å². The van der Waals surface area contributed by atoms with Crippen LogP contribution in [0.15, 0.2) is 41.1 Å². The van der Waals surface area contributed by atoms with E-state index in [9.17, 15) is 9.18 Å². The van der Waals surface area contributed by atoms with Gasteiger partial charge in [0.25, 0.3) is 0 Å². The van der Waals surface area contributed by atoms with Gasteiger partial charge in [0.2, 0.25) is 0 Å². The van der Waals surface area contributed by atoms with Crippen LogP contribution in [0.25, 0.3) is 0 Å². The lowest BCUT2D eigenvalue weighted by Gasteiger charge is -2.02. The van der Waals surface area contributed by atoms with Gasteiger partial charge in [-0.25, -0.2) is 9.18 Å². The average Bonchev–Trinajstić information content (AvgIpc) is 2.36. The molecule has 4 nitrogen and oxygen atoms in total. The molecule has 0 heterocycles. The highest BCUT2D eigenvalue weighted by molar-refractivity contribution is 7.99. The Kier molecular flexibility index (Phi) is 6.24. The van der Waals surface area contributed by atoms with Gasteiger partial charge in [-0.3, -0.25) is 0 Å². The second kappa shape index (κ2) is 7.73. The summed E-state index contributed by atoms with van der Waals surface area (Å²) in [6.45, 7) is -0.0896. The van der Waals surface area contributed by atoms with E-state index in [1.54, 1.807) is 18.2 Å². The van der Waals surface area contributed by atoms with E-state index in [1.807, 2.05) is 6.07 Å². The quantitative estimate of drug-likeness (QED) is 0.695. The zero-order chi connectivity index (χ0) is 13.4. The second-order valence-corrected chi connectivity index (χ2v) is 4.48. The lowest BCUT2D eigenvalue weighted by molar-refractivity contribution is 0.195. The molecule has 1 rings (SSSR count). The van der Waals surface area contributed by atoms with Gasteiger partial charge < -0.3 is 15.5 Å². The number of aliphatic hydroxyl groups is 1. The molecule has 6 heteroatoms. The number of thioether (sulfide) groups is 1. The Morgan fingerprint density at radius 1 is 1.50 bits per heavy atom. The predicted octanol–water partition coefficient (Wildman–Crippen LogP) is 2.39. The van der Waals surface area contributed by atoms with E-state index < -0.39 is 6.09 Å². The molecule has 0 radical (unpaired) electrons. The van der Waals surface area contributed by atoms with Crippen LogP contribution in [-0.2, 0) is 6.61 Å². The predicted molar refractivity (Wildman–Crippen MR) is 68.3 cm³/mol. The van der Waals surface area contributed by atoms with Crippen LogP contribution in [0.4, 0.5) is 9.18 Å². The molecule has 18 heavy (non-hydrogen) atoms. The largest absolute Gasteiger partial charge is 0.465 e. The first-order valence-corrected chi connectivity index (χ1v) is 6.24. The normalized spacial score (nSPS) is 11.3. The molecule has 0 aliphatic heterocycles. The molecule has 0 fully saturated rings. The van der Waals surface area contributed by atoms with Gasteiger partial charge in [-0.05, 0) is 23.8 Å². The maximum Gasteiger partial charge on any atom is 0.404 e. The van der Waals surface area contributed by atoms with E-state index in [4.69, 9.17) is 10.2 Å². The minimum atomic E-state index is -1.18. The van der Waals surface area contributed by atoms with Crippen molar-refractivity contribution in [1.29, 1.82) is 0 Å². The SMILES string of the molecule is O=C(O)NC/C=C(\F)CSc1cccc(CO)c1. The molecule has 1 aromatic carbocycles. The van der Waals surface area contributed by atoms with Crippen LogP contribution in [0.5, 0.6) is 0 Å². The van der Waals surface area contributed by atoms with E-state index in [1.165, 1.54) is 17.8 Å². The van der Waals surface area contributed by atoms with Gasteiger partial charge in [-0.15, -0.1) is 11.8 Å². The summed E-state index contributed by atoms with van der Waals surface area (Å²) in [6.07, 6.45) is 0.0131. The minimum Gasteiger partial charge on any atom is -0.465 e. The summed E-state index contributed by atoms with van der Waals surface area (Å²) in [5.74, 6) is -0.251. The van der Waals surface area contributed by atoms with Gasteiger partial charge in [0, 0.05) is 17.2 Å². The summed E-state index contributed by atoms with van der Waals surface area (Å²) in [7, 11) is 0. The molecule has 98 valence electrons. The van der Waals surface area contributed by atoms with Gasteiger partial charge in [0.1, 0.15) is 5.83 Å². The van der Waals surface area contributed by atoms with Crippen LogP contribution in [0.3, 0.4) is 0 Å². The van der Waals surface area contributed by atoms with Gasteiger partial charge in [0.05, 0.1) is 6.61 Å². The highest BCUT2D eigenvalue weighted by Crippen LogP contribution is 2.21. The smallest absolute Gasteiger partial charge is 0.404 e. The Bertz CT molecular complexity index is 437. The molecule has 0 aliphatic carbocycles. The monoisotopic (exact) mass is 271 g/mol. The van der Waals surface area contributed by atoms with Crippen LogP contribution in [0, 0.1) is 0 Å². The molecule has 0 aromatic heterocycles. The van der Waals surface area contributed by atoms with E-state index in [2.05, 4.69) is 5.32 Å². The average molecular weight is 271 g/mol. The first-order chi connectivity index (χ1) is 8.61. The molecule has 0 aliphatic rings. The number of carboxylic acid groups (broad SMARTS) is 1. The lowest BCUT2D eigenvalue weighted by atomic mass is 10.2. The summed E-state index contributed by atoms with van der Waals surface area (Å²) in [4.78, 5) is 11.0. The Morgan fingerprint density at radius 3 is 2.94 bits per heavy atom. The summed E-state index contributed by atoms with van der Waals surface area (Å²) in [5.41, 5.74) is 0.775. The zero-order valence-corrected chi connectivity index (χ0v) is 10.4. The minimum absolute atomic E-state index is 0.0432. The summed E-state index contributed by atoms with van der Waals surface area (Å²) in [6, 6.07) is 7.19. The van der Waals surface area contributed by atoms with Gasteiger partial charge in [0.15, 0.2) is 0 Å². The third-order valence-electron chi connectivity index (χ3n) is 2.03. The maximum atomic E-state index is 13.3. The van der Waals surface area contributed by atoms with Crippen LogP contribution in [-0.4, -0.2) is 28.6 Å². The zero-order valence-electron chi connectivity index (χ0n) is 9.60. The summed E-state index contributed by atoms with van der Waals surface area (Å²) >= 11 is 1.29. The van der Waals surface area contributed by atoms with E-state index in [0.717, 1.165) is 10.5 Å². The highest BCUT2D eigenvalue weighted by atomic mass is 32.2. The first kappa shape index (κ1) is 14.5. The van der Waals surface area contributed by atoms with E-state index >= 15 is 0 Å². The number of carbonyl (C=O) groups is 1. The summed E-state index contributed by atoms with van der Waals surface area (Å²) < 4.78 is 13.3. The number of hydrogen-bond donors (Lipinski definition) is 3. The number of amides is 1. The fraction of sp³-hybridized carbons (Fsp3) is 0.250. The first-order valence-electron chi connectivity index (χ1n) is 5.25. The Balaban J connectivity index is 2.41. The van der Waals surface area contributed by atoms with Crippen molar-refractivity contribution in [3.05, 3.63) is 41.7 Å². The summed E-state index contributed by atoms with van der Waals surface area (Å²) in [5, 5.41) is 19.3. The van der Waals surface area contributed by atoms with Gasteiger partial charge in [-0.2, -0.15) is 0 Å². The van der Waals surface area contributed by atoms with Crippen molar-refractivity contribution >= 4 is 17.9 Å². The van der Waals surface area contributed by atoms with Crippen LogP contribution in [0.2, 0.25) is 0 Å². The van der Waals surface area contributed by atoms with Crippen molar-refractivity contribution in [3.8, 4) is 0 Å². The molecule has 0 atom stereocenters. The molecule has 1 aromatic rings. The number of hydrogen-bond acceptors (Lipinski definition) is 3. The number of nitrogens with one attached hydrogen (secondary N) is 1. The Hall–Kier alpha value is -1.53. The van der Waals surface area contributed by atoms with Crippen molar-refractivity contribution in [3.63, 3.8) is 0 Å². The van der Waals surface area contributed by atoms with Crippen LogP contribution >= 0.6 is 11.8 Å². The fourth-order valence-corrected chi connectivity index (χ4v) is 2.03. The molecule has 0 bridgehead atoms. The highest BCUT2D eigenvalue weighted by Gasteiger charge is 2.00. The van der Waals surface area contributed by atoms with Crippen LogP contribution in [0.1, 0.15) is 5.56 Å². The van der Waals surface area contributed by atoms with Crippen LogP contribution < -0.4 is 5.32 Å². The molecule has 0 unspecified atom stereocenters. The topological polar surface area (TPSA) is 69.6 Å². The van der Waals surface area contributed by atoms with Gasteiger partial charge in [-0.1, -0.05) is 12.1 Å². The molecule has 3 N–H and O–H groups in total. The standard InChI is InChI=1S/C12H14FNO3S/c13-10(4-5-14-12(16)17)8-18-11-3-1-2-9(6-11)7-15/h1-4,6,14-15H,5,7-8H2,(H,16,17)/b10-4-. The molecule has 0 saturated carbocycles. The number of rotatable bonds is 6. The van der Waals surface area contributed by atoms with E-state index in [-0.39, 0.29) is 24.7 Å². The lowest BCUT2D eigenvalue weighted by Crippen LogP contribution is -2.20. The molecule has 1 amide bonds. The Morgan fingerprint density at radius 2 is 2.28 bits per heavy atom. The maximum absolute atomic E-state index is 13.3. The van der Waals surface area contributed by atoms with E-state index in [0.29, 0.717) is 0 Å². The van der Waals surface area contributed by atoms with Crippen molar-refractivity contribution in [1.82, 2.24) is 5.32 Å². The number of aliphatic hydroxyl groups excluding tert-OH is 1. The van der Waals surface area contributed by atoms with Gasteiger partial charge >= 0.3 is 6.09 Å². The molecule has 0 saturated heterocycles. The fourth-order valence-electron chi connectivity index (χ4n) is 1.19.